The molecule has 0 saturated heterocycles. The van der Waals surface area contributed by atoms with Crippen molar-refractivity contribution in [2.24, 2.45) is 0 Å². The summed E-state index contributed by atoms with van der Waals surface area (Å²) in [5, 5.41) is 15.7. The van der Waals surface area contributed by atoms with E-state index in [1.54, 1.807) is 13.0 Å². The number of rotatable bonds is 5. The van der Waals surface area contributed by atoms with E-state index in [4.69, 9.17) is 12.6 Å². The highest BCUT2D eigenvalue weighted by atomic mass is 19.3. The van der Waals surface area contributed by atoms with Gasteiger partial charge in [-0.2, -0.15) is 5.10 Å². The molecule has 6 nitrogen and oxygen atoms in total. The average molecular weight is 419 g/mol. The van der Waals surface area contributed by atoms with Gasteiger partial charge < -0.3 is 15.2 Å². The summed E-state index contributed by atoms with van der Waals surface area (Å²) in [6, 6.07) is 9.81. The Labute approximate surface area is 172 Å². The standard InChI is InChI=1S/C21H18F3N3O3/c1-12-19(14-4-7-17-16(8-14)25-18(29)9-30-17)20(13-2-5-15(22)6-3-13)27(26-12)10-21(23,24)11-28/h2-8,28H,9-11H2,1H3,(H,25,29)/i9D2. The van der Waals surface area contributed by atoms with Crippen LogP contribution in [-0.4, -0.2) is 39.9 Å². The largest absolute Gasteiger partial charge is 0.482 e. The second-order valence-corrected chi connectivity index (χ2v) is 6.86. The molecule has 0 saturated carbocycles. The number of benzene rings is 2. The Balaban J connectivity index is 1.88. The van der Waals surface area contributed by atoms with Gasteiger partial charge in [-0.25, -0.2) is 13.2 Å². The number of fused-ring (bicyclic) bond motifs is 1. The van der Waals surface area contributed by atoms with Gasteiger partial charge in [0.15, 0.2) is 6.56 Å². The summed E-state index contributed by atoms with van der Waals surface area (Å²) in [5.41, 5.74) is 2.23. The molecule has 2 heterocycles. The van der Waals surface area contributed by atoms with Gasteiger partial charge in [-0.05, 0) is 48.9 Å². The average Bonchev–Trinajstić information content (AvgIpc) is 3.04. The van der Waals surface area contributed by atoms with E-state index in [0.29, 0.717) is 22.4 Å². The van der Waals surface area contributed by atoms with Crippen LogP contribution in [0.3, 0.4) is 0 Å². The second-order valence-electron chi connectivity index (χ2n) is 6.86. The highest BCUT2D eigenvalue weighted by molar-refractivity contribution is 5.97. The lowest BCUT2D eigenvalue weighted by molar-refractivity contribution is -0.118. The molecule has 1 aromatic heterocycles. The molecule has 1 aliphatic heterocycles. The Morgan fingerprint density at radius 2 is 1.97 bits per heavy atom. The second kappa shape index (κ2) is 7.49. The van der Waals surface area contributed by atoms with Crippen molar-refractivity contribution in [3.63, 3.8) is 0 Å². The maximum atomic E-state index is 14.0. The summed E-state index contributed by atoms with van der Waals surface area (Å²) in [5.74, 6) is -4.80. The van der Waals surface area contributed by atoms with Crippen molar-refractivity contribution >= 4 is 11.6 Å². The fourth-order valence-electron chi connectivity index (χ4n) is 3.33. The van der Waals surface area contributed by atoms with Crippen LogP contribution < -0.4 is 10.1 Å². The van der Waals surface area contributed by atoms with Crippen LogP contribution in [-0.2, 0) is 11.3 Å². The van der Waals surface area contributed by atoms with Crippen molar-refractivity contribution < 1.29 is 30.6 Å². The molecule has 0 aliphatic carbocycles. The number of aryl methyl sites for hydroxylation is 1. The van der Waals surface area contributed by atoms with Gasteiger partial charge in [0.1, 0.15) is 24.7 Å². The maximum absolute atomic E-state index is 14.0. The van der Waals surface area contributed by atoms with Gasteiger partial charge in [-0.1, -0.05) is 6.07 Å². The van der Waals surface area contributed by atoms with Crippen LogP contribution in [0.25, 0.3) is 22.4 Å². The summed E-state index contributed by atoms with van der Waals surface area (Å²) in [7, 11) is 0. The molecule has 0 bridgehead atoms. The smallest absolute Gasteiger partial charge is 0.289 e. The number of ether oxygens (including phenoxy) is 1. The molecule has 0 atom stereocenters. The number of aliphatic hydroxyl groups excluding tert-OH is 1. The van der Waals surface area contributed by atoms with E-state index >= 15 is 0 Å². The topological polar surface area (TPSA) is 76.4 Å². The molecule has 0 radical (unpaired) electrons. The Morgan fingerprint density at radius 3 is 2.67 bits per heavy atom. The summed E-state index contributed by atoms with van der Waals surface area (Å²) in [6.45, 7) is -3.18. The number of hydrogen-bond donors (Lipinski definition) is 2. The summed E-state index contributed by atoms with van der Waals surface area (Å²) in [4.78, 5) is 11.9. The number of hydrogen-bond acceptors (Lipinski definition) is 4. The number of amides is 1. The first-order valence-corrected chi connectivity index (χ1v) is 8.98. The minimum absolute atomic E-state index is 0.110. The molecule has 156 valence electrons. The van der Waals surface area contributed by atoms with Gasteiger partial charge in [0, 0.05) is 11.1 Å². The Bertz CT molecular complexity index is 1200. The third kappa shape index (κ3) is 3.76. The van der Waals surface area contributed by atoms with Gasteiger partial charge in [0.05, 0.1) is 19.8 Å². The molecule has 1 aliphatic rings. The van der Waals surface area contributed by atoms with Crippen molar-refractivity contribution in [2.75, 3.05) is 18.5 Å². The molecule has 1 amide bonds. The van der Waals surface area contributed by atoms with Crippen molar-refractivity contribution in [3.8, 4) is 28.1 Å². The Hall–Kier alpha value is -3.33. The lowest BCUT2D eigenvalue weighted by Gasteiger charge is -2.19. The van der Waals surface area contributed by atoms with Crippen LogP contribution in [0.15, 0.2) is 42.5 Å². The van der Waals surface area contributed by atoms with Gasteiger partial charge in [-0.3, -0.25) is 9.48 Å². The van der Waals surface area contributed by atoms with Crippen LogP contribution in [0.5, 0.6) is 5.75 Å². The number of anilines is 1. The quantitative estimate of drug-likeness (QED) is 0.662. The Morgan fingerprint density at radius 1 is 1.27 bits per heavy atom. The number of alkyl halides is 2. The predicted octanol–water partition coefficient (Wildman–Crippen LogP) is 3.62. The summed E-state index contributed by atoms with van der Waals surface area (Å²) < 4.78 is 62.8. The number of aromatic nitrogens is 2. The van der Waals surface area contributed by atoms with Gasteiger partial charge in [-0.15, -0.1) is 0 Å². The first kappa shape index (κ1) is 17.5. The minimum Gasteiger partial charge on any atom is -0.482 e. The van der Waals surface area contributed by atoms with E-state index in [1.807, 2.05) is 0 Å². The van der Waals surface area contributed by atoms with Crippen molar-refractivity contribution in [1.82, 2.24) is 9.78 Å². The van der Waals surface area contributed by atoms with Crippen molar-refractivity contribution in [2.45, 2.75) is 19.4 Å². The van der Waals surface area contributed by atoms with Crippen molar-refractivity contribution in [3.05, 3.63) is 54.0 Å². The van der Waals surface area contributed by atoms with Gasteiger partial charge in [0.2, 0.25) is 0 Å². The Kier molecular flexibility index (Phi) is 4.37. The molecule has 2 N–H and O–H groups in total. The third-order valence-corrected chi connectivity index (χ3v) is 4.63. The van der Waals surface area contributed by atoms with E-state index in [9.17, 15) is 18.0 Å². The van der Waals surface area contributed by atoms with Gasteiger partial charge in [0.25, 0.3) is 11.8 Å². The van der Waals surface area contributed by atoms with E-state index in [-0.39, 0.29) is 17.1 Å². The molecule has 3 aromatic rings. The summed E-state index contributed by atoms with van der Waals surface area (Å²) >= 11 is 0. The number of nitrogens with one attached hydrogen (secondary N) is 1. The number of halogens is 3. The number of carbonyl (C=O) groups excluding carboxylic acids is 1. The first-order valence-electron chi connectivity index (χ1n) is 9.98. The number of aliphatic hydroxyl groups is 1. The molecule has 0 fully saturated rings. The SMILES string of the molecule is [2H]C1([2H])Oc2ccc(-c3c(C)nn(CC(F)(F)CO)c3-c3ccc(F)cc3)cc2NC1=O. The van der Waals surface area contributed by atoms with Crippen LogP contribution in [0.2, 0.25) is 0 Å². The number of carbonyl (C=O) groups is 1. The van der Waals surface area contributed by atoms with E-state index in [2.05, 4.69) is 10.4 Å². The monoisotopic (exact) mass is 419 g/mol. The fraction of sp³-hybridized carbons (Fsp3) is 0.238. The zero-order chi connectivity index (χ0) is 23.3. The summed E-state index contributed by atoms with van der Waals surface area (Å²) in [6.07, 6.45) is 0. The first-order chi connectivity index (χ1) is 15.0. The fourth-order valence-corrected chi connectivity index (χ4v) is 3.33. The van der Waals surface area contributed by atoms with Gasteiger partial charge >= 0.3 is 0 Å². The maximum Gasteiger partial charge on any atom is 0.289 e. The van der Waals surface area contributed by atoms with Crippen LogP contribution >= 0.6 is 0 Å². The normalized spacial score (nSPS) is 16.2. The van der Waals surface area contributed by atoms with Crippen LogP contribution in [0.1, 0.15) is 8.44 Å². The minimum atomic E-state index is -3.44. The molecule has 30 heavy (non-hydrogen) atoms. The molecule has 9 heteroatoms. The molecule has 2 aromatic carbocycles. The highest BCUT2D eigenvalue weighted by Gasteiger charge is 2.32. The zero-order valence-electron chi connectivity index (χ0n) is 17.7. The van der Waals surface area contributed by atoms with Crippen LogP contribution in [0, 0.1) is 12.7 Å². The molecular weight excluding hydrogens is 399 g/mol. The molecular formula is C21H18F3N3O3. The lowest BCUT2D eigenvalue weighted by Crippen LogP contribution is -2.29. The molecule has 4 rings (SSSR count). The predicted molar refractivity (Wildman–Crippen MR) is 104 cm³/mol. The van der Waals surface area contributed by atoms with E-state index in [0.717, 1.165) is 4.68 Å². The van der Waals surface area contributed by atoms with Crippen molar-refractivity contribution in [1.29, 1.82) is 0 Å². The van der Waals surface area contributed by atoms with Crippen LogP contribution in [0.4, 0.5) is 18.9 Å². The molecule has 0 spiro atoms. The van der Waals surface area contributed by atoms with E-state index < -0.39 is 37.4 Å². The number of nitrogens with zero attached hydrogens (tertiary/aromatic N) is 2. The van der Waals surface area contributed by atoms with E-state index in [1.165, 1.54) is 36.4 Å². The highest BCUT2D eigenvalue weighted by Crippen LogP contribution is 2.39. The molecule has 0 unspecified atom stereocenters. The zero-order valence-corrected chi connectivity index (χ0v) is 15.7. The third-order valence-electron chi connectivity index (χ3n) is 4.63. The lowest BCUT2D eigenvalue weighted by atomic mass is 9.98.